The van der Waals surface area contributed by atoms with Crippen molar-refractivity contribution in [1.82, 2.24) is 10.3 Å². The molecule has 70 valence electrons. The van der Waals surface area contributed by atoms with Gasteiger partial charge in [-0.05, 0) is 24.1 Å². The Labute approximate surface area is 79.7 Å². The minimum Gasteiger partial charge on any atom is -0.385 e. The van der Waals surface area contributed by atoms with E-state index in [2.05, 4.69) is 23.8 Å². The van der Waals surface area contributed by atoms with Crippen LogP contribution in [-0.4, -0.2) is 4.98 Å². The van der Waals surface area contributed by atoms with E-state index < -0.39 is 0 Å². The van der Waals surface area contributed by atoms with Gasteiger partial charge in [-0.15, -0.1) is 0 Å². The molecule has 0 spiro atoms. The Kier molecular flexibility index (Phi) is 4.03. The Bertz CT molecular complexity index is 254. The van der Waals surface area contributed by atoms with Crippen LogP contribution in [0.25, 0.3) is 0 Å². The van der Waals surface area contributed by atoms with Crippen LogP contribution in [0.4, 0.5) is 0 Å². The first-order valence-electron chi connectivity index (χ1n) is 4.63. The van der Waals surface area contributed by atoms with E-state index in [0.717, 1.165) is 25.1 Å². The number of allylic oxidation sites excluding steroid dienone is 1. The SMILES string of the molecule is C=C(CCC)NCc1ccncc1. The van der Waals surface area contributed by atoms with Gasteiger partial charge in [0.25, 0.3) is 0 Å². The molecule has 0 amide bonds. The van der Waals surface area contributed by atoms with Crippen molar-refractivity contribution in [1.29, 1.82) is 0 Å². The zero-order valence-electron chi connectivity index (χ0n) is 8.09. The number of aromatic nitrogens is 1. The smallest absolute Gasteiger partial charge is 0.0398 e. The maximum absolute atomic E-state index is 3.96. The lowest BCUT2D eigenvalue weighted by atomic mass is 10.2. The van der Waals surface area contributed by atoms with Crippen LogP contribution in [0.1, 0.15) is 25.3 Å². The summed E-state index contributed by atoms with van der Waals surface area (Å²) < 4.78 is 0. The van der Waals surface area contributed by atoms with Crippen molar-refractivity contribution in [2.45, 2.75) is 26.3 Å². The monoisotopic (exact) mass is 176 g/mol. The van der Waals surface area contributed by atoms with Crippen molar-refractivity contribution in [3.8, 4) is 0 Å². The Morgan fingerprint density at radius 1 is 1.46 bits per heavy atom. The van der Waals surface area contributed by atoms with E-state index in [0.29, 0.717) is 0 Å². The summed E-state index contributed by atoms with van der Waals surface area (Å²) in [6.45, 7) is 6.93. The van der Waals surface area contributed by atoms with Crippen molar-refractivity contribution in [3.63, 3.8) is 0 Å². The molecule has 0 unspecified atom stereocenters. The molecule has 0 atom stereocenters. The van der Waals surface area contributed by atoms with Crippen LogP contribution in [0.15, 0.2) is 36.8 Å². The van der Waals surface area contributed by atoms with Crippen LogP contribution >= 0.6 is 0 Å². The van der Waals surface area contributed by atoms with Crippen LogP contribution in [0.3, 0.4) is 0 Å². The van der Waals surface area contributed by atoms with Crippen LogP contribution in [0, 0.1) is 0 Å². The third-order valence-electron chi connectivity index (χ3n) is 1.84. The van der Waals surface area contributed by atoms with Crippen molar-refractivity contribution in [3.05, 3.63) is 42.4 Å². The van der Waals surface area contributed by atoms with Gasteiger partial charge in [-0.1, -0.05) is 19.9 Å². The van der Waals surface area contributed by atoms with Crippen molar-refractivity contribution >= 4 is 0 Å². The van der Waals surface area contributed by atoms with Gasteiger partial charge in [0.15, 0.2) is 0 Å². The second-order valence-corrected chi connectivity index (χ2v) is 3.06. The second-order valence-electron chi connectivity index (χ2n) is 3.06. The standard InChI is InChI=1S/C11H16N2/c1-3-4-10(2)13-9-11-5-7-12-8-6-11/h5-8,13H,2-4,9H2,1H3. The molecule has 1 aromatic rings. The summed E-state index contributed by atoms with van der Waals surface area (Å²) in [6.07, 6.45) is 5.80. The lowest BCUT2D eigenvalue weighted by Crippen LogP contribution is -2.11. The maximum Gasteiger partial charge on any atom is 0.0398 e. The fraction of sp³-hybridized carbons (Fsp3) is 0.364. The van der Waals surface area contributed by atoms with Crippen LogP contribution in [0.2, 0.25) is 0 Å². The van der Waals surface area contributed by atoms with Crippen LogP contribution in [0.5, 0.6) is 0 Å². The molecule has 0 fully saturated rings. The van der Waals surface area contributed by atoms with Gasteiger partial charge in [-0.2, -0.15) is 0 Å². The topological polar surface area (TPSA) is 24.9 Å². The summed E-state index contributed by atoms with van der Waals surface area (Å²) in [5.41, 5.74) is 2.35. The van der Waals surface area contributed by atoms with Gasteiger partial charge in [0.1, 0.15) is 0 Å². The quantitative estimate of drug-likeness (QED) is 0.745. The maximum atomic E-state index is 3.96. The lowest BCUT2D eigenvalue weighted by molar-refractivity contribution is 0.739. The predicted octanol–water partition coefficient (Wildman–Crippen LogP) is 2.49. The fourth-order valence-corrected chi connectivity index (χ4v) is 1.12. The number of hydrogen-bond donors (Lipinski definition) is 1. The highest BCUT2D eigenvalue weighted by Crippen LogP contribution is 2.00. The summed E-state index contributed by atoms with van der Waals surface area (Å²) in [5.74, 6) is 0. The Morgan fingerprint density at radius 3 is 2.77 bits per heavy atom. The second kappa shape index (κ2) is 5.36. The molecule has 1 N–H and O–H groups in total. The largest absolute Gasteiger partial charge is 0.385 e. The average Bonchev–Trinajstić information content (AvgIpc) is 2.17. The minimum absolute atomic E-state index is 0.849. The molecular formula is C11H16N2. The number of nitrogens with zero attached hydrogens (tertiary/aromatic N) is 1. The molecule has 0 saturated heterocycles. The average molecular weight is 176 g/mol. The van der Waals surface area contributed by atoms with Gasteiger partial charge >= 0.3 is 0 Å². The van der Waals surface area contributed by atoms with Gasteiger partial charge < -0.3 is 5.32 Å². The number of pyridine rings is 1. The van der Waals surface area contributed by atoms with Gasteiger partial charge in [0.2, 0.25) is 0 Å². The zero-order valence-corrected chi connectivity index (χ0v) is 8.09. The van der Waals surface area contributed by atoms with Crippen molar-refractivity contribution in [2.75, 3.05) is 0 Å². The molecule has 1 rings (SSSR count). The predicted molar refractivity (Wildman–Crippen MR) is 55.1 cm³/mol. The summed E-state index contributed by atoms with van der Waals surface area (Å²) in [6, 6.07) is 4.01. The van der Waals surface area contributed by atoms with E-state index >= 15 is 0 Å². The van der Waals surface area contributed by atoms with E-state index in [4.69, 9.17) is 0 Å². The molecule has 0 radical (unpaired) electrons. The zero-order chi connectivity index (χ0) is 9.52. The first kappa shape index (κ1) is 9.78. The van der Waals surface area contributed by atoms with E-state index in [1.54, 1.807) is 12.4 Å². The summed E-state index contributed by atoms with van der Waals surface area (Å²) in [7, 11) is 0. The number of hydrogen-bond acceptors (Lipinski definition) is 2. The normalized spacial score (nSPS) is 9.62. The molecule has 0 saturated carbocycles. The van der Waals surface area contributed by atoms with Gasteiger partial charge in [-0.25, -0.2) is 0 Å². The third kappa shape index (κ3) is 3.74. The molecule has 1 aromatic heterocycles. The highest BCUT2D eigenvalue weighted by Gasteiger charge is 1.92. The third-order valence-corrected chi connectivity index (χ3v) is 1.84. The first-order chi connectivity index (χ1) is 6.33. The molecule has 2 heteroatoms. The van der Waals surface area contributed by atoms with E-state index in [-0.39, 0.29) is 0 Å². The molecule has 0 aliphatic carbocycles. The van der Waals surface area contributed by atoms with Crippen LogP contribution < -0.4 is 5.32 Å². The van der Waals surface area contributed by atoms with Gasteiger partial charge in [0, 0.05) is 24.6 Å². The summed E-state index contributed by atoms with van der Waals surface area (Å²) in [5, 5.41) is 3.28. The summed E-state index contributed by atoms with van der Waals surface area (Å²) in [4.78, 5) is 3.96. The summed E-state index contributed by atoms with van der Waals surface area (Å²) >= 11 is 0. The number of rotatable bonds is 5. The van der Waals surface area contributed by atoms with Crippen molar-refractivity contribution < 1.29 is 0 Å². The van der Waals surface area contributed by atoms with E-state index in [1.165, 1.54) is 5.56 Å². The van der Waals surface area contributed by atoms with Gasteiger partial charge in [0.05, 0.1) is 0 Å². The molecule has 0 aromatic carbocycles. The Balaban J connectivity index is 2.31. The molecular weight excluding hydrogens is 160 g/mol. The van der Waals surface area contributed by atoms with Crippen LogP contribution in [-0.2, 0) is 6.54 Å². The highest BCUT2D eigenvalue weighted by molar-refractivity contribution is 5.10. The number of nitrogens with one attached hydrogen (secondary N) is 1. The molecule has 0 aliphatic rings. The Morgan fingerprint density at radius 2 is 2.15 bits per heavy atom. The molecule has 0 aliphatic heterocycles. The molecule has 1 heterocycles. The highest BCUT2D eigenvalue weighted by atomic mass is 14.9. The Hall–Kier alpha value is -1.31. The molecule has 0 bridgehead atoms. The first-order valence-corrected chi connectivity index (χ1v) is 4.63. The lowest BCUT2D eigenvalue weighted by Gasteiger charge is -2.07. The minimum atomic E-state index is 0.849. The van der Waals surface area contributed by atoms with E-state index in [9.17, 15) is 0 Å². The van der Waals surface area contributed by atoms with E-state index in [1.807, 2.05) is 12.1 Å². The van der Waals surface area contributed by atoms with Gasteiger partial charge in [-0.3, -0.25) is 4.98 Å². The molecule has 13 heavy (non-hydrogen) atoms. The van der Waals surface area contributed by atoms with Crippen molar-refractivity contribution in [2.24, 2.45) is 0 Å². The fourth-order valence-electron chi connectivity index (χ4n) is 1.12. The molecule has 2 nitrogen and oxygen atoms in total.